The highest BCUT2D eigenvalue weighted by molar-refractivity contribution is 9.10. The first-order valence-corrected chi connectivity index (χ1v) is 9.31. The molecule has 2 rings (SSSR count). The van der Waals surface area contributed by atoms with Crippen molar-refractivity contribution in [3.05, 3.63) is 28.2 Å². The van der Waals surface area contributed by atoms with Crippen LogP contribution in [0.1, 0.15) is 57.9 Å². The Labute approximate surface area is 138 Å². The molecule has 0 bridgehead atoms. The van der Waals surface area contributed by atoms with Crippen molar-refractivity contribution in [3.63, 3.8) is 0 Å². The van der Waals surface area contributed by atoms with Gasteiger partial charge in [-0.25, -0.2) is 0 Å². The lowest BCUT2D eigenvalue weighted by molar-refractivity contribution is 0.556. The third-order valence-electron chi connectivity index (χ3n) is 4.46. The van der Waals surface area contributed by atoms with E-state index >= 15 is 0 Å². The van der Waals surface area contributed by atoms with Crippen LogP contribution in [0.25, 0.3) is 0 Å². The maximum absolute atomic E-state index is 3.76. The van der Waals surface area contributed by atoms with Crippen molar-refractivity contribution in [2.24, 2.45) is 0 Å². The van der Waals surface area contributed by atoms with Gasteiger partial charge in [-0.1, -0.05) is 48.7 Å². The van der Waals surface area contributed by atoms with E-state index in [1.807, 2.05) is 0 Å². The molecule has 1 aromatic carbocycles. The number of halogens is 1. The first-order valence-electron chi connectivity index (χ1n) is 8.52. The van der Waals surface area contributed by atoms with E-state index in [4.69, 9.17) is 0 Å². The Balaban J connectivity index is 2.10. The predicted molar refractivity (Wildman–Crippen MR) is 96.0 cm³/mol. The smallest absolute Gasteiger partial charge is 0.0380 e. The van der Waals surface area contributed by atoms with Gasteiger partial charge in [0.15, 0.2) is 0 Å². The van der Waals surface area contributed by atoms with E-state index in [0.29, 0.717) is 6.04 Å². The van der Waals surface area contributed by atoms with Crippen LogP contribution in [0.3, 0.4) is 0 Å². The third-order valence-corrected chi connectivity index (χ3v) is 5.20. The molecule has 1 N–H and O–H groups in total. The molecule has 0 aromatic heterocycles. The molecule has 0 saturated carbocycles. The number of nitrogens with zero attached hydrogens (tertiary/aromatic N) is 1. The molecule has 21 heavy (non-hydrogen) atoms. The molecule has 1 heterocycles. The minimum atomic E-state index is 0.712. The molecule has 0 amide bonds. The molecule has 1 saturated heterocycles. The minimum Gasteiger partial charge on any atom is -0.369 e. The van der Waals surface area contributed by atoms with Gasteiger partial charge in [0.1, 0.15) is 0 Å². The van der Waals surface area contributed by atoms with Crippen molar-refractivity contribution in [1.29, 1.82) is 0 Å². The Morgan fingerprint density at radius 1 is 1.24 bits per heavy atom. The molecule has 0 spiro atoms. The van der Waals surface area contributed by atoms with Crippen molar-refractivity contribution in [2.45, 2.75) is 65.0 Å². The molecule has 2 nitrogen and oxygen atoms in total. The van der Waals surface area contributed by atoms with Crippen LogP contribution in [0.15, 0.2) is 22.7 Å². The Hall–Kier alpha value is -0.540. The Morgan fingerprint density at radius 2 is 2.10 bits per heavy atom. The average molecular weight is 353 g/mol. The van der Waals surface area contributed by atoms with E-state index in [1.165, 1.54) is 60.8 Å². The van der Waals surface area contributed by atoms with Crippen LogP contribution in [-0.4, -0.2) is 19.1 Å². The van der Waals surface area contributed by atoms with E-state index in [0.717, 1.165) is 13.1 Å². The fourth-order valence-corrected chi connectivity index (χ4v) is 3.71. The molecule has 1 fully saturated rings. The first-order chi connectivity index (χ1) is 10.3. The van der Waals surface area contributed by atoms with Gasteiger partial charge in [-0.3, -0.25) is 0 Å². The number of rotatable bonds is 6. The summed E-state index contributed by atoms with van der Waals surface area (Å²) in [6.45, 7) is 7.76. The molecule has 0 aliphatic carbocycles. The highest BCUT2D eigenvalue weighted by atomic mass is 79.9. The first kappa shape index (κ1) is 16.8. The van der Waals surface area contributed by atoms with Gasteiger partial charge in [-0.15, -0.1) is 0 Å². The summed E-state index contributed by atoms with van der Waals surface area (Å²) in [7, 11) is 0. The normalized spacial score (nSPS) is 19.6. The van der Waals surface area contributed by atoms with Crippen molar-refractivity contribution in [1.82, 2.24) is 5.32 Å². The number of nitrogens with one attached hydrogen (secondary N) is 1. The van der Waals surface area contributed by atoms with Gasteiger partial charge in [0.2, 0.25) is 0 Å². The van der Waals surface area contributed by atoms with Crippen LogP contribution >= 0.6 is 15.9 Å². The second-order valence-electron chi connectivity index (χ2n) is 6.06. The summed E-state index contributed by atoms with van der Waals surface area (Å²) in [5.74, 6) is 0. The molecule has 1 unspecified atom stereocenters. The van der Waals surface area contributed by atoms with Crippen LogP contribution in [-0.2, 0) is 6.54 Å². The Kier molecular flexibility index (Phi) is 7.05. The molecule has 1 aromatic rings. The SMILES string of the molecule is CCCNCc1ccc(N2CCCCCC2CC)cc1Br. The minimum absolute atomic E-state index is 0.712. The quantitative estimate of drug-likeness (QED) is 0.715. The van der Waals surface area contributed by atoms with Gasteiger partial charge in [0, 0.05) is 29.3 Å². The number of hydrogen-bond acceptors (Lipinski definition) is 2. The lowest BCUT2D eigenvalue weighted by Gasteiger charge is -2.32. The molecular formula is C18H29BrN2. The summed E-state index contributed by atoms with van der Waals surface area (Å²) >= 11 is 3.76. The summed E-state index contributed by atoms with van der Waals surface area (Å²) in [4.78, 5) is 2.63. The highest BCUT2D eigenvalue weighted by Crippen LogP contribution is 2.29. The second-order valence-corrected chi connectivity index (χ2v) is 6.91. The summed E-state index contributed by atoms with van der Waals surface area (Å²) in [6, 6.07) is 7.61. The summed E-state index contributed by atoms with van der Waals surface area (Å²) in [5.41, 5.74) is 2.74. The highest BCUT2D eigenvalue weighted by Gasteiger charge is 2.20. The van der Waals surface area contributed by atoms with Gasteiger partial charge in [-0.2, -0.15) is 0 Å². The van der Waals surface area contributed by atoms with Gasteiger partial charge < -0.3 is 10.2 Å². The van der Waals surface area contributed by atoms with Crippen LogP contribution < -0.4 is 10.2 Å². The lowest BCUT2D eigenvalue weighted by Crippen LogP contribution is -2.34. The molecule has 1 aliphatic heterocycles. The van der Waals surface area contributed by atoms with Gasteiger partial charge in [0.25, 0.3) is 0 Å². The number of benzene rings is 1. The average Bonchev–Trinajstić information content (AvgIpc) is 2.74. The van der Waals surface area contributed by atoms with Gasteiger partial charge in [0.05, 0.1) is 0 Å². The number of anilines is 1. The van der Waals surface area contributed by atoms with E-state index in [9.17, 15) is 0 Å². The molecule has 1 aliphatic rings. The van der Waals surface area contributed by atoms with Crippen LogP contribution in [0, 0.1) is 0 Å². The zero-order chi connectivity index (χ0) is 15.1. The predicted octanol–water partition coefficient (Wildman–Crippen LogP) is 5.11. The van der Waals surface area contributed by atoms with Crippen LogP contribution in [0.4, 0.5) is 5.69 Å². The van der Waals surface area contributed by atoms with Crippen molar-refractivity contribution in [2.75, 3.05) is 18.0 Å². The van der Waals surface area contributed by atoms with E-state index in [2.05, 4.69) is 58.2 Å². The van der Waals surface area contributed by atoms with E-state index in [-0.39, 0.29) is 0 Å². The second kappa shape index (κ2) is 8.79. The molecule has 0 radical (unpaired) electrons. The fourth-order valence-electron chi connectivity index (χ4n) is 3.20. The van der Waals surface area contributed by atoms with Gasteiger partial charge in [-0.05, 0) is 49.9 Å². The molecule has 3 heteroatoms. The van der Waals surface area contributed by atoms with Crippen LogP contribution in [0.2, 0.25) is 0 Å². The monoisotopic (exact) mass is 352 g/mol. The van der Waals surface area contributed by atoms with Gasteiger partial charge >= 0.3 is 0 Å². The van der Waals surface area contributed by atoms with Crippen molar-refractivity contribution in [3.8, 4) is 0 Å². The van der Waals surface area contributed by atoms with Crippen LogP contribution in [0.5, 0.6) is 0 Å². The number of hydrogen-bond donors (Lipinski definition) is 1. The van der Waals surface area contributed by atoms with E-state index < -0.39 is 0 Å². The third kappa shape index (κ3) is 4.72. The maximum Gasteiger partial charge on any atom is 0.0380 e. The Morgan fingerprint density at radius 3 is 2.81 bits per heavy atom. The molecule has 118 valence electrons. The standard InChI is InChI=1S/C18H29BrN2/c1-3-11-20-14-15-9-10-17(13-18(15)19)21-12-7-5-6-8-16(21)4-2/h9-10,13,16,20H,3-8,11-12,14H2,1-2H3. The molecule has 1 atom stereocenters. The van der Waals surface area contributed by atoms with E-state index in [1.54, 1.807) is 0 Å². The van der Waals surface area contributed by atoms with Crippen molar-refractivity contribution < 1.29 is 0 Å². The summed E-state index contributed by atoms with van der Waals surface area (Å²) < 4.78 is 1.24. The largest absolute Gasteiger partial charge is 0.369 e. The Bertz CT molecular complexity index is 433. The molecular weight excluding hydrogens is 324 g/mol. The van der Waals surface area contributed by atoms with Crippen molar-refractivity contribution >= 4 is 21.6 Å². The summed E-state index contributed by atoms with van der Waals surface area (Å²) in [5, 5.41) is 3.48. The summed E-state index contributed by atoms with van der Waals surface area (Å²) in [6.07, 6.45) is 7.86. The zero-order valence-corrected chi connectivity index (χ0v) is 15.1. The lowest BCUT2D eigenvalue weighted by atomic mass is 10.1. The topological polar surface area (TPSA) is 15.3 Å². The maximum atomic E-state index is 3.76. The fraction of sp³-hybridized carbons (Fsp3) is 0.667. The zero-order valence-electron chi connectivity index (χ0n) is 13.5.